The van der Waals surface area contributed by atoms with Crippen LogP contribution in [0.5, 0.6) is 0 Å². The average Bonchev–Trinajstić information content (AvgIpc) is 2.86. The molecule has 78 valence electrons. The van der Waals surface area contributed by atoms with Crippen molar-refractivity contribution in [1.29, 1.82) is 0 Å². The summed E-state index contributed by atoms with van der Waals surface area (Å²) >= 11 is 0. The molecular weight excluding hydrogens is 176 g/mol. The predicted octanol–water partition coefficient (Wildman–Crippen LogP) is 0.480. The summed E-state index contributed by atoms with van der Waals surface area (Å²) in [5.74, 6) is 0.415. The Morgan fingerprint density at radius 2 is 2.64 bits per heavy atom. The first-order valence-electron chi connectivity index (χ1n) is 5.26. The van der Waals surface area contributed by atoms with Crippen LogP contribution in [0.15, 0.2) is 12.4 Å². The Kier molecular flexibility index (Phi) is 2.84. The zero-order valence-corrected chi connectivity index (χ0v) is 8.61. The fourth-order valence-corrected chi connectivity index (χ4v) is 1.81. The van der Waals surface area contributed by atoms with E-state index >= 15 is 0 Å². The third-order valence-corrected chi connectivity index (χ3v) is 2.95. The molecule has 0 saturated carbocycles. The van der Waals surface area contributed by atoms with E-state index in [0.29, 0.717) is 18.5 Å². The lowest BCUT2D eigenvalue weighted by Gasteiger charge is -2.08. The standard InChI is InChI=1S/C10H18N4/c1-8(4-11)9-5-13-14(7-9)10-2-3-12-6-10/h5,7-8,10,12H,2-4,6,11H2,1H3. The van der Waals surface area contributed by atoms with E-state index in [1.165, 1.54) is 12.0 Å². The molecule has 0 spiro atoms. The van der Waals surface area contributed by atoms with E-state index in [1.807, 2.05) is 6.20 Å². The van der Waals surface area contributed by atoms with Gasteiger partial charge in [0.15, 0.2) is 0 Å². The molecule has 1 aliphatic heterocycles. The lowest BCUT2D eigenvalue weighted by Crippen LogP contribution is -2.13. The van der Waals surface area contributed by atoms with Crippen molar-refractivity contribution in [3.05, 3.63) is 18.0 Å². The Labute approximate surface area is 84.5 Å². The largest absolute Gasteiger partial charge is 0.330 e. The van der Waals surface area contributed by atoms with Gasteiger partial charge in [-0.1, -0.05) is 6.92 Å². The van der Waals surface area contributed by atoms with E-state index in [2.05, 4.69) is 28.2 Å². The molecule has 1 aromatic heterocycles. The van der Waals surface area contributed by atoms with E-state index in [4.69, 9.17) is 5.73 Å². The van der Waals surface area contributed by atoms with E-state index in [-0.39, 0.29) is 0 Å². The second kappa shape index (κ2) is 4.11. The molecule has 0 radical (unpaired) electrons. The Morgan fingerprint density at radius 1 is 1.79 bits per heavy atom. The highest BCUT2D eigenvalue weighted by molar-refractivity contribution is 5.11. The van der Waals surface area contributed by atoms with Crippen LogP contribution in [0.2, 0.25) is 0 Å². The number of hydrogen-bond acceptors (Lipinski definition) is 3. The van der Waals surface area contributed by atoms with Crippen LogP contribution < -0.4 is 11.1 Å². The molecule has 4 nitrogen and oxygen atoms in total. The van der Waals surface area contributed by atoms with Gasteiger partial charge < -0.3 is 11.1 Å². The van der Waals surface area contributed by atoms with Gasteiger partial charge in [-0.15, -0.1) is 0 Å². The van der Waals surface area contributed by atoms with Crippen LogP contribution in [0.1, 0.15) is 30.9 Å². The van der Waals surface area contributed by atoms with Crippen LogP contribution in [-0.2, 0) is 0 Å². The van der Waals surface area contributed by atoms with Gasteiger partial charge in [-0.05, 0) is 31.0 Å². The normalized spacial score (nSPS) is 24.0. The number of hydrogen-bond donors (Lipinski definition) is 2. The van der Waals surface area contributed by atoms with E-state index in [0.717, 1.165) is 13.1 Å². The highest BCUT2D eigenvalue weighted by Crippen LogP contribution is 2.18. The number of rotatable bonds is 3. The van der Waals surface area contributed by atoms with Crippen molar-refractivity contribution in [2.75, 3.05) is 19.6 Å². The Balaban J connectivity index is 2.08. The molecule has 3 N–H and O–H groups in total. The van der Waals surface area contributed by atoms with Gasteiger partial charge in [0.05, 0.1) is 12.2 Å². The van der Waals surface area contributed by atoms with Gasteiger partial charge in [0, 0.05) is 12.7 Å². The fraction of sp³-hybridized carbons (Fsp3) is 0.700. The highest BCUT2D eigenvalue weighted by atomic mass is 15.3. The Hall–Kier alpha value is -0.870. The summed E-state index contributed by atoms with van der Waals surface area (Å²) in [4.78, 5) is 0. The zero-order valence-electron chi connectivity index (χ0n) is 8.61. The van der Waals surface area contributed by atoms with Gasteiger partial charge in [0.1, 0.15) is 0 Å². The first-order valence-corrected chi connectivity index (χ1v) is 5.26. The summed E-state index contributed by atoms with van der Waals surface area (Å²) < 4.78 is 2.07. The molecular formula is C10H18N4. The van der Waals surface area contributed by atoms with Crippen molar-refractivity contribution in [3.63, 3.8) is 0 Å². The molecule has 2 unspecified atom stereocenters. The van der Waals surface area contributed by atoms with E-state index < -0.39 is 0 Å². The average molecular weight is 194 g/mol. The smallest absolute Gasteiger partial charge is 0.0655 e. The molecule has 1 saturated heterocycles. The first-order chi connectivity index (χ1) is 6.81. The molecule has 0 aliphatic carbocycles. The molecule has 2 atom stereocenters. The number of nitrogens with two attached hydrogens (primary N) is 1. The molecule has 2 rings (SSSR count). The molecule has 2 heterocycles. The molecule has 1 fully saturated rings. The van der Waals surface area contributed by atoms with Gasteiger partial charge in [0.25, 0.3) is 0 Å². The summed E-state index contributed by atoms with van der Waals surface area (Å²) in [6.07, 6.45) is 5.25. The lowest BCUT2D eigenvalue weighted by molar-refractivity contribution is 0.490. The molecule has 0 bridgehead atoms. The van der Waals surface area contributed by atoms with Crippen LogP contribution in [0, 0.1) is 0 Å². The Bertz CT molecular complexity index is 288. The summed E-state index contributed by atoms with van der Waals surface area (Å²) in [5, 5.41) is 7.73. The van der Waals surface area contributed by atoms with Crippen molar-refractivity contribution in [2.24, 2.45) is 5.73 Å². The topological polar surface area (TPSA) is 55.9 Å². The molecule has 0 amide bonds. The Morgan fingerprint density at radius 3 is 3.29 bits per heavy atom. The number of aromatic nitrogens is 2. The quantitative estimate of drug-likeness (QED) is 0.736. The van der Waals surface area contributed by atoms with Crippen molar-refractivity contribution in [2.45, 2.75) is 25.3 Å². The minimum absolute atomic E-state index is 0.415. The first kappa shape index (κ1) is 9.68. The molecule has 0 aromatic carbocycles. The number of nitrogens with zero attached hydrogens (tertiary/aromatic N) is 2. The molecule has 14 heavy (non-hydrogen) atoms. The van der Waals surface area contributed by atoms with Crippen LogP contribution in [-0.4, -0.2) is 29.4 Å². The van der Waals surface area contributed by atoms with E-state index in [1.54, 1.807) is 0 Å². The van der Waals surface area contributed by atoms with Crippen LogP contribution in [0.3, 0.4) is 0 Å². The summed E-state index contributed by atoms with van der Waals surface area (Å²) in [6, 6.07) is 0.536. The van der Waals surface area contributed by atoms with Crippen molar-refractivity contribution >= 4 is 0 Å². The van der Waals surface area contributed by atoms with Crippen LogP contribution in [0.4, 0.5) is 0 Å². The third-order valence-electron chi connectivity index (χ3n) is 2.95. The second-order valence-corrected chi connectivity index (χ2v) is 4.04. The zero-order chi connectivity index (χ0) is 9.97. The third kappa shape index (κ3) is 1.81. The summed E-state index contributed by atoms with van der Waals surface area (Å²) in [6.45, 7) is 4.97. The number of nitrogens with one attached hydrogen (secondary N) is 1. The van der Waals surface area contributed by atoms with Gasteiger partial charge >= 0.3 is 0 Å². The van der Waals surface area contributed by atoms with Crippen molar-refractivity contribution in [1.82, 2.24) is 15.1 Å². The minimum atomic E-state index is 0.415. The van der Waals surface area contributed by atoms with Crippen molar-refractivity contribution < 1.29 is 0 Å². The van der Waals surface area contributed by atoms with Gasteiger partial charge in [-0.3, -0.25) is 4.68 Å². The van der Waals surface area contributed by atoms with E-state index in [9.17, 15) is 0 Å². The maximum atomic E-state index is 5.62. The summed E-state index contributed by atoms with van der Waals surface area (Å²) in [5.41, 5.74) is 6.87. The van der Waals surface area contributed by atoms with Crippen LogP contribution >= 0.6 is 0 Å². The van der Waals surface area contributed by atoms with Gasteiger partial charge in [-0.2, -0.15) is 5.10 Å². The summed E-state index contributed by atoms with van der Waals surface area (Å²) in [7, 11) is 0. The molecule has 4 heteroatoms. The fourth-order valence-electron chi connectivity index (χ4n) is 1.81. The molecule has 1 aliphatic rings. The maximum absolute atomic E-state index is 5.62. The lowest BCUT2D eigenvalue weighted by atomic mass is 10.1. The van der Waals surface area contributed by atoms with Crippen molar-refractivity contribution in [3.8, 4) is 0 Å². The SMILES string of the molecule is CC(CN)c1cnn(C2CCNC2)c1. The minimum Gasteiger partial charge on any atom is -0.330 e. The van der Waals surface area contributed by atoms with Crippen LogP contribution in [0.25, 0.3) is 0 Å². The molecule has 1 aromatic rings. The maximum Gasteiger partial charge on any atom is 0.0655 e. The monoisotopic (exact) mass is 194 g/mol. The van der Waals surface area contributed by atoms with Gasteiger partial charge in [-0.25, -0.2) is 0 Å². The van der Waals surface area contributed by atoms with Gasteiger partial charge in [0.2, 0.25) is 0 Å². The second-order valence-electron chi connectivity index (χ2n) is 4.04. The highest BCUT2D eigenvalue weighted by Gasteiger charge is 2.17. The predicted molar refractivity (Wildman–Crippen MR) is 56.2 cm³/mol.